The summed E-state index contributed by atoms with van der Waals surface area (Å²) in [6.45, 7) is 3.45. The first-order valence-corrected chi connectivity index (χ1v) is 4.83. The highest BCUT2D eigenvalue weighted by atomic mass is 32.2. The van der Waals surface area contributed by atoms with Crippen LogP contribution in [0.1, 0.15) is 0 Å². The van der Waals surface area contributed by atoms with Gasteiger partial charge in [-0.2, -0.15) is 0 Å². The topological polar surface area (TPSA) is 37.3 Å². The fourth-order valence-corrected chi connectivity index (χ4v) is 1.51. The third kappa shape index (κ3) is 3.98. The highest BCUT2D eigenvalue weighted by molar-refractivity contribution is 8.38. The van der Waals surface area contributed by atoms with Crippen LogP contribution in [0, 0.1) is 0 Å². The minimum atomic E-state index is -0.153. The van der Waals surface area contributed by atoms with E-state index in [-0.39, 0.29) is 16.3 Å². The van der Waals surface area contributed by atoms with Gasteiger partial charge in [-0.15, -0.1) is 6.58 Å². The average Bonchev–Trinajstić information content (AvgIpc) is 1.99. The Bertz CT molecular complexity index is 125. The molecule has 0 bridgehead atoms. The van der Waals surface area contributed by atoms with Crippen molar-refractivity contribution in [2.75, 3.05) is 12.9 Å². The molecule has 0 saturated carbocycles. The van der Waals surface area contributed by atoms with E-state index in [9.17, 15) is 4.79 Å². The lowest BCUT2D eigenvalue weighted by atomic mass is 10.4. The van der Waals surface area contributed by atoms with Crippen LogP contribution in [0.4, 0.5) is 4.79 Å². The fraction of sp³-hybridized carbons (Fsp3) is 0.500. The molecule has 0 aliphatic carbocycles. The first-order valence-electron chi connectivity index (χ1n) is 2.72. The monoisotopic (exact) mass is 178 g/mol. The molecule has 58 valence electrons. The maximum Gasteiger partial charge on any atom is 0.246 e. The molecule has 0 spiro atoms. The molecule has 4 heteroatoms. The summed E-state index contributed by atoms with van der Waals surface area (Å²) in [5.74, 6) is 0. The van der Waals surface area contributed by atoms with E-state index < -0.39 is 0 Å². The molecule has 0 fully saturated rings. The van der Waals surface area contributed by atoms with Crippen LogP contribution in [-0.2, 0) is 0 Å². The molecule has 0 aliphatic rings. The maximum atomic E-state index is 10.7. The number of thioether (sulfide) groups is 2. The summed E-state index contributed by atoms with van der Waals surface area (Å²) in [4.78, 5) is 10.7. The number of rotatable bonds is 3. The van der Waals surface area contributed by atoms with Crippen LogP contribution in [0.25, 0.3) is 0 Å². The van der Waals surface area contributed by atoms with Gasteiger partial charge in [0, 0.05) is 0 Å². The van der Waals surface area contributed by atoms with Crippen molar-refractivity contribution < 1.29 is 9.90 Å². The van der Waals surface area contributed by atoms with E-state index in [2.05, 4.69) is 6.58 Å². The molecule has 0 saturated heterocycles. The number of hydrogen-bond acceptors (Lipinski definition) is 4. The molecule has 0 amide bonds. The summed E-state index contributed by atoms with van der Waals surface area (Å²) >= 11 is 2.25. The van der Waals surface area contributed by atoms with Crippen molar-refractivity contribution in [1.29, 1.82) is 0 Å². The molecule has 10 heavy (non-hydrogen) atoms. The SMILES string of the molecule is C=CC(CO)SC(=O)SC. The Hall–Kier alpha value is 0.0700. The zero-order valence-corrected chi connectivity index (χ0v) is 7.37. The highest BCUT2D eigenvalue weighted by Crippen LogP contribution is 2.19. The lowest BCUT2D eigenvalue weighted by molar-refractivity contribution is 0.276. The van der Waals surface area contributed by atoms with E-state index >= 15 is 0 Å². The summed E-state index contributed by atoms with van der Waals surface area (Å²) in [6.07, 6.45) is 3.28. The van der Waals surface area contributed by atoms with Gasteiger partial charge in [0.25, 0.3) is 0 Å². The second-order valence-electron chi connectivity index (χ2n) is 1.53. The Kier molecular flexibility index (Phi) is 5.87. The van der Waals surface area contributed by atoms with Crippen molar-refractivity contribution in [2.45, 2.75) is 5.25 Å². The van der Waals surface area contributed by atoms with Crippen molar-refractivity contribution in [3.63, 3.8) is 0 Å². The standard InChI is InChI=1S/C6H10O2S2/c1-3-5(4-7)10-6(8)9-2/h3,5,7H,1,4H2,2H3. The van der Waals surface area contributed by atoms with Crippen molar-refractivity contribution in [2.24, 2.45) is 0 Å². The van der Waals surface area contributed by atoms with Crippen LogP contribution in [0.2, 0.25) is 0 Å². The molecule has 0 aliphatic heterocycles. The zero-order valence-electron chi connectivity index (χ0n) is 5.74. The molecule has 0 aromatic heterocycles. The smallest absolute Gasteiger partial charge is 0.246 e. The van der Waals surface area contributed by atoms with Gasteiger partial charge < -0.3 is 5.11 Å². The van der Waals surface area contributed by atoms with Gasteiger partial charge in [-0.25, -0.2) is 0 Å². The molecule has 1 atom stereocenters. The maximum absolute atomic E-state index is 10.7. The average molecular weight is 178 g/mol. The Balaban J connectivity index is 3.62. The highest BCUT2D eigenvalue weighted by Gasteiger charge is 2.07. The molecular formula is C6H10O2S2. The second kappa shape index (κ2) is 5.82. The molecular weight excluding hydrogens is 168 g/mol. The number of carbonyl (C=O) groups excluding carboxylic acids is 1. The van der Waals surface area contributed by atoms with Crippen LogP contribution in [0.5, 0.6) is 0 Å². The number of carbonyl (C=O) groups is 1. The first-order chi connectivity index (χ1) is 4.74. The Morgan fingerprint density at radius 1 is 1.90 bits per heavy atom. The van der Waals surface area contributed by atoms with Crippen molar-refractivity contribution in [1.82, 2.24) is 0 Å². The molecule has 0 heterocycles. The lowest BCUT2D eigenvalue weighted by Crippen LogP contribution is -2.05. The lowest BCUT2D eigenvalue weighted by Gasteiger charge is -2.03. The van der Waals surface area contributed by atoms with Gasteiger partial charge in [0.1, 0.15) is 0 Å². The molecule has 0 radical (unpaired) electrons. The van der Waals surface area contributed by atoms with E-state index in [1.165, 1.54) is 0 Å². The van der Waals surface area contributed by atoms with E-state index in [1.54, 1.807) is 12.3 Å². The molecule has 1 unspecified atom stereocenters. The predicted molar refractivity (Wildman–Crippen MR) is 47.6 cm³/mol. The molecule has 0 aromatic carbocycles. The van der Waals surface area contributed by atoms with Crippen molar-refractivity contribution in [3.05, 3.63) is 12.7 Å². The van der Waals surface area contributed by atoms with Crippen LogP contribution < -0.4 is 0 Å². The van der Waals surface area contributed by atoms with Gasteiger partial charge in [0.2, 0.25) is 4.45 Å². The van der Waals surface area contributed by atoms with Gasteiger partial charge in [-0.1, -0.05) is 29.6 Å². The van der Waals surface area contributed by atoms with Crippen LogP contribution in [0.15, 0.2) is 12.7 Å². The second-order valence-corrected chi connectivity index (χ2v) is 3.78. The first kappa shape index (κ1) is 10.1. The van der Waals surface area contributed by atoms with Crippen LogP contribution in [-0.4, -0.2) is 27.7 Å². The Morgan fingerprint density at radius 3 is 2.80 bits per heavy atom. The van der Waals surface area contributed by atoms with Crippen LogP contribution >= 0.6 is 23.5 Å². The predicted octanol–water partition coefficient (Wildman–Crippen LogP) is 1.75. The van der Waals surface area contributed by atoms with E-state index in [4.69, 9.17) is 5.11 Å². The van der Waals surface area contributed by atoms with Gasteiger partial charge in [-0.3, -0.25) is 4.79 Å². The fourth-order valence-electron chi connectivity index (χ4n) is 0.332. The van der Waals surface area contributed by atoms with E-state index in [1.807, 2.05) is 0 Å². The minimum absolute atomic E-state index is 0.0129. The van der Waals surface area contributed by atoms with Gasteiger partial charge >= 0.3 is 0 Å². The molecule has 0 rings (SSSR count). The Morgan fingerprint density at radius 2 is 2.50 bits per heavy atom. The molecule has 2 nitrogen and oxygen atoms in total. The van der Waals surface area contributed by atoms with Gasteiger partial charge in [0.15, 0.2) is 0 Å². The van der Waals surface area contributed by atoms with Crippen molar-refractivity contribution >= 4 is 28.0 Å². The summed E-state index contributed by atoms with van der Waals surface area (Å²) in [6, 6.07) is 0. The van der Waals surface area contributed by atoms with Gasteiger partial charge in [-0.05, 0) is 6.26 Å². The van der Waals surface area contributed by atoms with E-state index in [0.717, 1.165) is 23.5 Å². The molecule has 0 aromatic rings. The summed E-state index contributed by atoms with van der Waals surface area (Å²) in [5.41, 5.74) is 0. The van der Waals surface area contributed by atoms with Gasteiger partial charge in [0.05, 0.1) is 11.9 Å². The van der Waals surface area contributed by atoms with E-state index in [0.29, 0.717) is 0 Å². The number of aliphatic hydroxyl groups excluding tert-OH is 1. The number of hydrogen-bond donors (Lipinski definition) is 1. The zero-order chi connectivity index (χ0) is 7.98. The third-order valence-corrected chi connectivity index (χ3v) is 2.82. The van der Waals surface area contributed by atoms with Crippen molar-refractivity contribution in [3.8, 4) is 0 Å². The third-order valence-electron chi connectivity index (χ3n) is 0.857. The quantitative estimate of drug-likeness (QED) is 0.668. The van der Waals surface area contributed by atoms with Crippen LogP contribution in [0.3, 0.4) is 0 Å². The normalized spacial score (nSPS) is 12.6. The Labute approximate surface area is 69.1 Å². The summed E-state index contributed by atoms with van der Waals surface area (Å²) in [5, 5.41) is 8.46. The largest absolute Gasteiger partial charge is 0.395 e. The molecule has 1 N–H and O–H groups in total. The summed E-state index contributed by atoms with van der Waals surface area (Å²) in [7, 11) is 0. The minimum Gasteiger partial charge on any atom is -0.395 e. The summed E-state index contributed by atoms with van der Waals surface area (Å²) < 4.78 is 0.0129. The number of aliphatic hydroxyl groups is 1.